The first kappa shape index (κ1) is 14.3. The van der Waals surface area contributed by atoms with Gasteiger partial charge in [-0.3, -0.25) is 4.68 Å². The highest BCUT2D eigenvalue weighted by molar-refractivity contribution is 7.92. The van der Waals surface area contributed by atoms with E-state index in [-0.39, 0.29) is 10.7 Å². The number of rotatable bonds is 3. The third-order valence-corrected chi connectivity index (χ3v) is 6.82. The van der Waals surface area contributed by atoms with Crippen molar-refractivity contribution in [2.75, 3.05) is 0 Å². The fourth-order valence-corrected chi connectivity index (χ4v) is 5.19. The molecule has 21 heavy (non-hydrogen) atoms. The monoisotopic (exact) mass is 304 g/mol. The number of aromatic nitrogens is 2. The Morgan fingerprint density at radius 2 is 2.00 bits per heavy atom. The summed E-state index contributed by atoms with van der Waals surface area (Å²) in [6, 6.07) is 8.78. The van der Waals surface area contributed by atoms with Crippen LogP contribution in [-0.2, 0) is 22.3 Å². The largest absolute Gasteiger partial charge is 0.276 e. The highest BCUT2D eigenvalue weighted by Crippen LogP contribution is 2.44. The van der Waals surface area contributed by atoms with Crippen LogP contribution in [-0.4, -0.2) is 23.4 Å². The lowest BCUT2D eigenvalue weighted by Gasteiger charge is -2.22. The molecule has 2 unspecified atom stereocenters. The van der Waals surface area contributed by atoms with Crippen molar-refractivity contribution in [2.45, 2.75) is 41.7 Å². The van der Waals surface area contributed by atoms with Gasteiger partial charge in [0.1, 0.15) is 0 Å². The normalized spacial score (nSPS) is 26.1. The van der Waals surface area contributed by atoms with E-state index in [0.29, 0.717) is 17.7 Å². The van der Waals surface area contributed by atoms with Gasteiger partial charge in [-0.1, -0.05) is 25.1 Å². The first-order valence-corrected chi connectivity index (χ1v) is 8.74. The van der Waals surface area contributed by atoms with Crippen LogP contribution in [0.2, 0.25) is 0 Å². The van der Waals surface area contributed by atoms with Crippen molar-refractivity contribution >= 4 is 9.84 Å². The Bertz CT molecular complexity index is 737. The van der Waals surface area contributed by atoms with Gasteiger partial charge in [-0.05, 0) is 42.4 Å². The zero-order valence-corrected chi connectivity index (χ0v) is 13.2. The zero-order valence-electron chi connectivity index (χ0n) is 12.4. The zero-order chi connectivity index (χ0) is 15.1. The summed E-state index contributed by atoms with van der Waals surface area (Å²) >= 11 is 0. The molecule has 1 aliphatic carbocycles. The molecule has 1 fully saturated rings. The minimum Gasteiger partial charge on any atom is -0.276 e. The van der Waals surface area contributed by atoms with Crippen LogP contribution in [0.25, 0.3) is 0 Å². The van der Waals surface area contributed by atoms with E-state index in [0.717, 1.165) is 12.0 Å². The number of benzene rings is 1. The lowest BCUT2D eigenvalue weighted by Crippen LogP contribution is -2.23. The number of sulfone groups is 1. The van der Waals surface area contributed by atoms with Crippen molar-refractivity contribution in [3.8, 4) is 0 Å². The van der Waals surface area contributed by atoms with Gasteiger partial charge in [-0.15, -0.1) is 0 Å². The van der Waals surface area contributed by atoms with Gasteiger partial charge in [-0.2, -0.15) is 5.10 Å². The van der Waals surface area contributed by atoms with E-state index >= 15 is 0 Å². The minimum absolute atomic E-state index is 0.0965. The Morgan fingerprint density at radius 3 is 2.62 bits per heavy atom. The van der Waals surface area contributed by atoms with Gasteiger partial charge in [0.2, 0.25) is 0 Å². The average Bonchev–Trinajstić information content (AvgIpc) is 3.08. The van der Waals surface area contributed by atoms with Crippen LogP contribution in [0.5, 0.6) is 0 Å². The molecule has 1 aliphatic rings. The van der Waals surface area contributed by atoms with Gasteiger partial charge in [0.25, 0.3) is 0 Å². The van der Waals surface area contributed by atoms with E-state index in [2.05, 4.69) is 12.0 Å². The molecule has 0 N–H and O–H groups in total. The summed E-state index contributed by atoms with van der Waals surface area (Å²) in [5.74, 6) is 0. The third kappa shape index (κ3) is 2.50. The van der Waals surface area contributed by atoms with Gasteiger partial charge in [0.05, 0.1) is 16.3 Å². The van der Waals surface area contributed by atoms with Crippen LogP contribution in [0.15, 0.2) is 47.6 Å². The van der Waals surface area contributed by atoms with Crippen molar-refractivity contribution in [1.82, 2.24) is 9.78 Å². The number of aryl methyl sites for hydroxylation is 1. The Kier molecular flexibility index (Phi) is 3.40. The Labute approximate surface area is 125 Å². The van der Waals surface area contributed by atoms with Crippen molar-refractivity contribution in [3.05, 3.63) is 48.3 Å². The van der Waals surface area contributed by atoms with Gasteiger partial charge >= 0.3 is 0 Å². The summed E-state index contributed by atoms with van der Waals surface area (Å²) in [5, 5.41) is 3.92. The third-order valence-electron chi connectivity index (χ3n) is 4.61. The highest BCUT2D eigenvalue weighted by atomic mass is 32.2. The Morgan fingerprint density at radius 1 is 1.29 bits per heavy atom. The van der Waals surface area contributed by atoms with Gasteiger partial charge in [0.15, 0.2) is 9.84 Å². The quantitative estimate of drug-likeness (QED) is 0.876. The lowest BCUT2D eigenvalue weighted by atomic mass is 9.83. The van der Waals surface area contributed by atoms with Crippen LogP contribution >= 0.6 is 0 Å². The summed E-state index contributed by atoms with van der Waals surface area (Å²) in [7, 11) is -1.35. The van der Waals surface area contributed by atoms with Crippen molar-refractivity contribution in [1.29, 1.82) is 0 Å². The van der Waals surface area contributed by atoms with E-state index < -0.39 is 9.84 Å². The lowest BCUT2D eigenvalue weighted by molar-refractivity contribution is 0.488. The Hall–Kier alpha value is -1.62. The second-order valence-corrected chi connectivity index (χ2v) is 8.41. The number of nitrogens with zero attached hydrogens (tertiary/aromatic N) is 2. The molecule has 5 heteroatoms. The predicted molar refractivity (Wildman–Crippen MR) is 81.8 cm³/mol. The fourth-order valence-electron chi connectivity index (χ4n) is 3.25. The summed E-state index contributed by atoms with van der Waals surface area (Å²) in [6.07, 6.45) is 6.11. The van der Waals surface area contributed by atoms with Crippen molar-refractivity contribution < 1.29 is 8.42 Å². The van der Waals surface area contributed by atoms with Crippen LogP contribution in [0.4, 0.5) is 0 Å². The predicted octanol–water partition coefficient (Wildman–Crippen LogP) is 2.70. The minimum atomic E-state index is -3.24. The summed E-state index contributed by atoms with van der Waals surface area (Å²) in [5.41, 5.74) is 1.04. The second kappa shape index (κ2) is 4.98. The second-order valence-electron chi connectivity index (χ2n) is 6.19. The summed E-state index contributed by atoms with van der Waals surface area (Å²) in [4.78, 5) is 0.436. The van der Waals surface area contributed by atoms with E-state index in [1.807, 2.05) is 25.5 Å². The molecule has 4 nitrogen and oxygen atoms in total. The maximum atomic E-state index is 12.7. The van der Waals surface area contributed by atoms with E-state index in [1.54, 1.807) is 28.9 Å². The summed E-state index contributed by atoms with van der Waals surface area (Å²) in [6.45, 7) is 2.14. The highest BCUT2D eigenvalue weighted by Gasteiger charge is 2.43. The number of hydrogen-bond donors (Lipinski definition) is 0. The average molecular weight is 304 g/mol. The molecule has 0 aliphatic heterocycles. The van der Waals surface area contributed by atoms with Gasteiger partial charge in [0, 0.05) is 13.2 Å². The van der Waals surface area contributed by atoms with Crippen LogP contribution in [0.1, 0.15) is 31.7 Å². The summed E-state index contributed by atoms with van der Waals surface area (Å²) < 4.78 is 27.3. The maximum Gasteiger partial charge on any atom is 0.181 e. The van der Waals surface area contributed by atoms with Crippen molar-refractivity contribution in [2.24, 2.45) is 7.05 Å². The van der Waals surface area contributed by atoms with E-state index in [9.17, 15) is 8.42 Å². The fraction of sp³-hybridized carbons (Fsp3) is 0.438. The van der Waals surface area contributed by atoms with Gasteiger partial charge in [-0.25, -0.2) is 8.42 Å². The van der Waals surface area contributed by atoms with E-state index in [1.165, 1.54) is 0 Å². The molecule has 0 bridgehead atoms. The molecule has 1 heterocycles. The molecular formula is C16H20N2O2S. The maximum absolute atomic E-state index is 12.7. The molecule has 1 saturated carbocycles. The Balaban J connectivity index is 1.87. The molecule has 3 rings (SSSR count). The van der Waals surface area contributed by atoms with E-state index in [4.69, 9.17) is 0 Å². The van der Waals surface area contributed by atoms with Gasteiger partial charge < -0.3 is 0 Å². The molecule has 2 aromatic rings. The first-order chi connectivity index (χ1) is 9.92. The van der Waals surface area contributed by atoms with Crippen LogP contribution in [0.3, 0.4) is 0 Å². The SMILES string of the molecule is Cn1cc(C2(C)CCC(S(=O)(=O)c3ccccc3)C2)cn1. The number of hydrogen-bond acceptors (Lipinski definition) is 3. The van der Waals surface area contributed by atoms with Crippen molar-refractivity contribution in [3.63, 3.8) is 0 Å². The molecule has 0 spiro atoms. The standard InChI is InChI=1S/C16H20N2O2S/c1-16(13-11-17-18(2)12-13)9-8-15(10-16)21(19,20)14-6-4-3-5-7-14/h3-7,11-12,15H,8-10H2,1-2H3. The molecular weight excluding hydrogens is 284 g/mol. The first-order valence-electron chi connectivity index (χ1n) is 7.20. The molecule has 0 amide bonds. The topological polar surface area (TPSA) is 52.0 Å². The molecule has 1 aromatic carbocycles. The molecule has 0 radical (unpaired) electrons. The molecule has 0 saturated heterocycles. The van der Waals surface area contributed by atoms with Crippen LogP contribution < -0.4 is 0 Å². The molecule has 1 aromatic heterocycles. The molecule has 2 atom stereocenters. The molecule has 112 valence electrons. The smallest absolute Gasteiger partial charge is 0.181 e. The van der Waals surface area contributed by atoms with Crippen LogP contribution in [0, 0.1) is 0 Å².